The summed E-state index contributed by atoms with van der Waals surface area (Å²) in [6.07, 6.45) is -0.583. The van der Waals surface area contributed by atoms with Crippen molar-refractivity contribution < 1.29 is 9.84 Å². The molecule has 0 bridgehead atoms. The van der Waals surface area contributed by atoms with Crippen LogP contribution < -0.4 is 4.74 Å². The van der Waals surface area contributed by atoms with Gasteiger partial charge in [-0.15, -0.1) is 0 Å². The van der Waals surface area contributed by atoms with E-state index in [4.69, 9.17) is 26.7 Å². The van der Waals surface area contributed by atoms with E-state index in [1.807, 2.05) is 6.07 Å². The van der Waals surface area contributed by atoms with E-state index in [0.29, 0.717) is 16.3 Å². The van der Waals surface area contributed by atoms with Crippen molar-refractivity contribution in [2.24, 2.45) is 0 Å². The summed E-state index contributed by atoms with van der Waals surface area (Å²) in [6, 6.07) is 7.00. The SMILES string of the molecule is CC(C#N)Oc1c(Cl)cccc1CO. The van der Waals surface area contributed by atoms with Crippen molar-refractivity contribution in [2.45, 2.75) is 19.6 Å². The summed E-state index contributed by atoms with van der Waals surface area (Å²) in [5, 5.41) is 18.0. The standard InChI is InChI=1S/C10H10ClNO2/c1-7(5-12)14-10-8(6-13)3-2-4-9(10)11/h2-4,7,13H,6H2,1H3. The molecule has 1 aromatic rings. The highest BCUT2D eigenvalue weighted by atomic mass is 35.5. The molecule has 3 nitrogen and oxygen atoms in total. The van der Waals surface area contributed by atoms with Crippen LogP contribution in [0.5, 0.6) is 5.75 Å². The maximum atomic E-state index is 9.01. The number of benzene rings is 1. The largest absolute Gasteiger partial charge is 0.474 e. The minimum Gasteiger partial charge on any atom is -0.474 e. The third-order valence-electron chi connectivity index (χ3n) is 1.70. The van der Waals surface area contributed by atoms with E-state index in [1.165, 1.54) is 0 Å². The molecular weight excluding hydrogens is 202 g/mol. The molecule has 1 unspecified atom stereocenters. The van der Waals surface area contributed by atoms with Gasteiger partial charge < -0.3 is 9.84 Å². The summed E-state index contributed by atoms with van der Waals surface area (Å²) in [5.74, 6) is 0.380. The third kappa shape index (κ3) is 2.38. The molecule has 1 aromatic carbocycles. The van der Waals surface area contributed by atoms with Gasteiger partial charge in [0, 0.05) is 5.56 Å². The summed E-state index contributed by atoms with van der Waals surface area (Å²) in [6.45, 7) is 1.46. The number of halogens is 1. The number of hydrogen-bond acceptors (Lipinski definition) is 3. The van der Waals surface area contributed by atoms with Gasteiger partial charge in [-0.25, -0.2) is 0 Å². The highest BCUT2D eigenvalue weighted by molar-refractivity contribution is 6.32. The molecule has 0 spiro atoms. The Morgan fingerprint density at radius 2 is 2.36 bits per heavy atom. The Bertz CT molecular complexity index is 360. The molecule has 0 saturated carbocycles. The first-order valence-electron chi connectivity index (χ1n) is 4.13. The summed E-state index contributed by atoms with van der Waals surface area (Å²) in [4.78, 5) is 0. The van der Waals surface area contributed by atoms with E-state index < -0.39 is 6.10 Å². The van der Waals surface area contributed by atoms with Crippen LogP contribution in [0.4, 0.5) is 0 Å². The van der Waals surface area contributed by atoms with Gasteiger partial charge in [-0.3, -0.25) is 0 Å². The zero-order chi connectivity index (χ0) is 10.6. The van der Waals surface area contributed by atoms with Crippen LogP contribution >= 0.6 is 11.6 Å². The highest BCUT2D eigenvalue weighted by Crippen LogP contribution is 2.29. The molecule has 0 fully saturated rings. The maximum absolute atomic E-state index is 9.01. The lowest BCUT2D eigenvalue weighted by Crippen LogP contribution is -2.10. The molecule has 0 aliphatic heterocycles. The van der Waals surface area contributed by atoms with Gasteiger partial charge in [0.1, 0.15) is 11.8 Å². The predicted octanol–water partition coefficient (Wildman–Crippen LogP) is 2.12. The van der Waals surface area contributed by atoms with Crippen molar-refractivity contribution in [3.8, 4) is 11.8 Å². The lowest BCUT2D eigenvalue weighted by molar-refractivity contribution is 0.247. The molecule has 1 rings (SSSR count). The van der Waals surface area contributed by atoms with E-state index in [-0.39, 0.29) is 6.61 Å². The van der Waals surface area contributed by atoms with E-state index >= 15 is 0 Å². The van der Waals surface area contributed by atoms with Crippen molar-refractivity contribution in [2.75, 3.05) is 0 Å². The number of nitriles is 1. The molecule has 14 heavy (non-hydrogen) atoms. The molecule has 4 heteroatoms. The summed E-state index contributed by atoms with van der Waals surface area (Å²) in [7, 11) is 0. The number of nitrogens with zero attached hydrogens (tertiary/aromatic N) is 1. The van der Waals surface area contributed by atoms with Gasteiger partial charge in [0.15, 0.2) is 6.10 Å². The molecule has 74 valence electrons. The minimum absolute atomic E-state index is 0.159. The van der Waals surface area contributed by atoms with E-state index in [9.17, 15) is 0 Å². The topological polar surface area (TPSA) is 53.2 Å². The van der Waals surface area contributed by atoms with Gasteiger partial charge in [-0.1, -0.05) is 23.7 Å². The average Bonchev–Trinajstić information content (AvgIpc) is 2.20. The van der Waals surface area contributed by atoms with Gasteiger partial charge in [-0.2, -0.15) is 5.26 Å². The second kappa shape index (κ2) is 4.85. The first-order valence-corrected chi connectivity index (χ1v) is 4.51. The highest BCUT2D eigenvalue weighted by Gasteiger charge is 2.10. The Labute approximate surface area is 87.5 Å². The van der Waals surface area contributed by atoms with E-state index in [1.54, 1.807) is 25.1 Å². The fourth-order valence-electron chi connectivity index (χ4n) is 1.01. The van der Waals surface area contributed by atoms with Crippen molar-refractivity contribution >= 4 is 11.6 Å². The van der Waals surface area contributed by atoms with Gasteiger partial charge in [0.2, 0.25) is 0 Å². The lowest BCUT2D eigenvalue weighted by Gasteiger charge is -2.12. The number of para-hydroxylation sites is 1. The average molecular weight is 212 g/mol. The molecule has 0 aliphatic carbocycles. The van der Waals surface area contributed by atoms with Crippen molar-refractivity contribution in [3.63, 3.8) is 0 Å². The second-order valence-corrected chi connectivity index (χ2v) is 3.18. The van der Waals surface area contributed by atoms with Gasteiger partial charge in [-0.05, 0) is 13.0 Å². The minimum atomic E-state index is -0.583. The van der Waals surface area contributed by atoms with Crippen LogP contribution in [0.15, 0.2) is 18.2 Å². The number of hydrogen-bond donors (Lipinski definition) is 1. The Hall–Kier alpha value is -1.24. The maximum Gasteiger partial charge on any atom is 0.181 e. The monoisotopic (exact) mass is 211 g/mol. The molecule has 1 N–H and O–H groups in total. The molecule has 0 radical (unpaired) electrons. The lowest BCUT2D eigenvalue weighted by atomic mass is 10.2. The summed E-state index contributed by atoms with van der Waals surface area (Å²) >= 11 is 5.86. The Morgan fingerprint density at radius 3 is 2.93 bits per heavy atom. The smallest absolute Gasteiger partial charge is 0.181 e. The molecule has 0 amide bonds. The van der Waals surface area contributed by atoms with Crippen LogP contribution in [0.1, 0.15) is 12.5 Å². The predicted molar refractivity (Wildman–Crippen MR) is 53.1 cm³/mol. The number of aliphatic hydroxyl groups is 1. The van der Waals surface area contributed by atoms with Crippen molar-refractivity contribution in [1.29, 1.82) is 5.26 Å². The van der Waals surface area contributed by atoms with Gasteiger partial charge in [0.05, 0.1) is 11.6 Å². The van der Waals surface area contributed by atoms with E-state index in [2.05, 4.69) is 0 Å². The quantitative estimate of drug-likeness (QED) is 0.833. The zero-order valence-corrected chi connectivity index (χ0v) is 8.45. The number of aliphatic hydroxyl groups excluding tert-OH is 1. The Morgan fingerprint density at radius 1 is 1.64 bits per heavy atom. The normalized spacial score (nSPS) is 11.9. The first-order chi connectivity index (χ1) is 6.69. The number of rotatable bonds is 3. The zero-order valence-electron chi connectivity index (χ0n) is 7.70. The van der Waals surface area contributed by atoms with Crippen LogP contribution in [-0.2, 0) is 6.61 Å². The molecule has 0 saturated heterocycles. The molecule has 0 heterocycles. The fourth-order valence-corrected chi connectivity index (χ4v) is 1.25. The van der Waals surface area contributed by atoms with E-state index in [0.717, 1.165) is 0 Å². The molecule has 1 atom stereocenters. The van der Waals surface area contributed by atoms with Crippen LogP contribution in [0.3, 0.4) is 0 Å². The van der Waals surface area contributed by atoms with Crippen LogP contribution in [0.25, 0.3) is 0 Å². The van der Waals surface area contributed by atoms with Gasteiger partial charge >= 0.3 is 0 Å². The Balaban J connectivity index is 3.00. The third-order valence-corrected chi connectivity index (χ3v) is 1.99. The fraction of sp³-hybridized carbons (Fsp3) is 0.300. The number of ether oxygens (including phenoxy) is 1. The second-order valence-electron chi connectivity index (χ2n) is 2.78. The molecule has 0 aromatic heterocycles. The van der Waals surface area contributed by atoms with Crippen LogP contribution in [0.2, 0.25) is 5.02 Å². The van der Waals surface area contributed by atoms with Crippen LogP contribution in [0, 0.1) is 11.3 Å². The summed E-state index contributed by atoms with van der Waals surface area (Å²) < 4.78 is 5.26. The summed E-state index contributed by atoms with van der Waals surface area (Å²) in [5.41, 5.74) is 0.583. The molecule has 0 aliphatic rings. The molecular formula is C10H10ClNO2. The van der Waals surface area contributed by atoms with Crippen molar-refractivity contribution in [3.05, 3.63) is 28.8 Å². The van der Waals surface area contributed by atoms with Crippen LogP contribution in [-0.4, -0.2) is 11.2 Å². The first kappa shape index (κ1) is 10.8. The van der Waals surface area contributed by atoms with Crippen molar-refractivity contribution in [1.82, 2.24) is 0 Å². The Kier molecular flexibility index (Phi) is 3.75. The van der Waals surface area contributed by atoms with Gasteiger partial charge in [0.25, 0.3) is 0 Å².